The zero-order valence-electron chi connectivity index (χ0n) is 21.4. The smallest absolute Gasteiger partial charge is 0.255 e. The van der Waals surface area contributed by atoms with Gasteiger partial charge in [0.2, 0.25) is 10.0 Å². The monoisotopic (exact) mass is 532 g/mol. The first-order valence-corrected chi connectivity index (χ1v) is 14.5. The third-order valence-corrected chi connectivity index (χ3v) is 8.79. The van der Waals surface area contributed by atoms with Crippen LogP contribution >= 0.6 is 0 Å². The van der Waals surface area contributed by atoms with Crippen LogP contribution in [-0.4, -0.2) is 48.3 Å². The highest BCUT2D eigenvalue weighted by atomic mass is 32.2. The van der Waals surface area contributed by atoms with Crippen molar-refractivity contribution >= 4 is 32.7 Å². The maximum absolute atomic E-state index is 13.3. The number of anilines is 1. The van der Waals surface area contributed by atoms with Crippen molar-refractivity contribution in [3.05, 3.63) is 84.2 Å². The lowest BCUT2D eigenvalue weighted by molar-refractivity contribution is 0.102. The molecule has 0 spiro atoms. The number of unbranched alkanes of at least 4 members (excludes halogenated alkanes) is 1. The van der Waals surface area contributed by atoms with Crippen LogP contribution in [0.5, 0.6) is 5.75 Å². The molecule has 198 valence electrons. The number of sulfonamides is 1. The number of amides is 1. The average molecular weight is 533 g/mol. The Kier molecular flexibility index (Phi) is 7.76. The maximum atomic E-state index is 13.3. The minimum Gasteiger partial charge on any atom is -0.494 e. The number of nitrogens with one attached hydrogen (secondary N) is 2. The van der Waals surface area contributed by atoms with E-state index in [1.165, 1.54) is 4.31 Å². The van der Waals surface area contributed by atoms with E-state index in [1.54, 1.807) is 48.5 Å². The quantitative estimate of drug-likeness (QED) is 0.275. The lowest BCUT2D eigenvalue weighted by atomic mass is 9.97. The summed E-state index contributed by atoms with van der Waals surface area (Å²) in [6.45, 7) is 3.61. The van der Waals surface area contributed by atoms with Crippen molar-refractivity contribution in [1.29, 1.82) is 0 Å². The molecule has 2 heterocycles. The Morgan fingerprint density at radius 1 is 1.03 bits per heavy atom. The summed E-state index contributed by atoms with van der Waals surface area (Å²) in [5.41, 5.74) is 2.95. The molecular formula is C29H32N4O4S. The van der Waals surface area contributed by atoms with Gasteiger partial charge in [0.25, 0.3) is 5.91 Å². The van der Waals surface area contributed by atoms with Crippen molar-refractivity contribution in [3.63, 3.8) is 0 Å². The van der Waals surface area contributed by atoms with Gasteiger partial charge in [-0.15, -0.1) is 0 Å². The Balaban J connectivity index is 1.17. The summed E-state index contributed by atoms with van der Waals surface area (Å²) >= 11 is 0. The molecule has 0 saturated carbocycles. The lowest BCUT2D eigenvalue weighted by Crippen LogP contribution is -2.38. The fourth-order valence-electron chi connectivity index (χ4n) is 4.63. The molecular weight excluding hydrogens is 500 g/mol. The van der Waals surface area contributed by atoms with Crippen LogP contribution in [0.4, 0.5) is 5.69 Å². The predicted molar refractivity (Wildman–Crippen MR) is 148 cm³/mol. The number of piperidine rings is 1. The number of hydrogen-bond acceptors (Lipinski definition) is 5. The van der Waals surface area contributed by atoms with E-state index in [4.69, 9.17) is 9.72 Å². The van der Waals surface area contributed by atoms with E-state index < -0.39 is 10.0 Å². The number of aromatic nitrogens is 2. The molecule has 1 amide bonds. The van der Waals surface area contributed by atoms with Gasteiger partial charge in [-0.3, -0.25) is 4.79 Å². The van der Waals surface area contributed by atoms with Gasteiger partial charge in [-0.1, -0.05) is 25.5 Å². The minimum absolute atomic E-state index is 0.198. The van der Waals surface area contributed by atoms with Gasteiger partial charge in [-0.2, -0.15) is 4.31 Å². The highest BCUT2D eigenvalue weighted by Crippen LogP contribution is 2.30. The van der Waals surface area contributed by atoms with E-state index in [1.807, 2.05) is 24.3 Å². The number of carbonyl (C=O) groups excluding carboxylic acids is 1. The second-order valence-corrected chi connectivity index (χ2v) is 11.5. The van der Waals surface area contributed by atoms with E-state index in [0.29, 0.717) is 43.8 Å². The summed E-state index contributed by atoms with van der Waals surface area (Å²) in [7, 11) is -3.63. The first-order chi connectivity index (χ1) is 18.4. The molecule has 0 atom stereocenters. The van der Waals surface area contributed by atoms with E-state index in [9.17, 15) is 13.2 Å². The van der Waals surface area contributed by atoms with Crippen LogP contribution in [-0.2, 0) is 10.0 Å². The van der Waals surface area contributed by atoms with Gasteiger partial charge >= 0.3 is 0 Å². The van der Waals surface area contributed by atoms with Crippen LogP contribution in [0, 0.1) is 0 Å². The number of H-pyrrole nitrogens is 1. The number of para-hydroxylation sites is 2. The molecule has 0 bridgehead atoms. The predicted octanol–water partition coefficient (Wildman–Crippen LogP) is 5.56. The van der Waals surface area contributed by atoms with Crippen molar-refractivity contribution in [2.24, 2.45) is 0 Å². The van der Waals surface area contributed by atoms with Crippen molar-refractivity contribution < 1.29 is 17.9 Å². The number of benzene rings is 3. The first kappa shape index (κ1) is 25.9. The van der Waals surface area contributed by atoms with Gasteiger partial charge in [-0.25, -0.2) is 13.4 Å². The summed E-state index contributed by atoms with van der Waals surface area (Å²) in [4.78, 5) is 20.9. The van der Waals surface area contributed by atoms with Crippen molar-refractivity contribution in [3.8, 4) is 5.75 Å². The number of fused-ring (bicyclic) bond motifs is 1. The van der Waals surface area contributed by atoms with Gasteiger partial charge < -0.3 is 15.0 Å². The lowest BCUT2D eigenvalue weighted by Gasteiger charge is -2.30. The molecule has 4 aromatic rings. The Morgan fingerprint density at radius 3 is 2.42 bits per heavy atom. The minimum atomic E-state index is -3.63. The molecule has 1 fully saturated rings. The fraction of sp³-hybridized carbons (Fsp3) is 0.310. The number of nitrogens with zero attached hydrogens (tertiary/aromatic N) is 2. The molecule has 3 aromatic carbocycles. The average Bonchev–Trinajstić information content (AvgIpc) is 3.38. The number of imidazole rings is 1. The second kappa shape index (κ2) is 11.4. The number of hydrogen-bond donors (Lipinski definition) is 2. The van der Waals surface area contributed by atoms with Gasteiger partial charge in [-0.05, 0) is 79.9 Å². The summed E-state index contributed by atoms with van der Waals surface area (Å²) in [6.07, 6.45) is 3.45. The third-order valence-electron chi connectivity index (χ3n) is 6.88. The Bertz CT molecular complexity index is 1460. The summed E-state index contributed by atoms with van der Waals surface area (Å²) in [5.74, 6) is 1.57. The molecule has 0 aliphatic carbocycles. The Labute approximate surface area is 223 Å². The van der Waals surface area contributed by atoms with Gasteiger partial charge in [0.15, 0.2) is 0 Å². The summed E-state index contributed by atoms with van der Waals surface area (Å²) in [5, 5.41) is 2.82. The molecule has 8 nitrogen and oxygen atoms in total. The molecule has 2 N–H and O–H groups in total. The van der Waals surface area contributed by atoms with Gasteiger partial charge in [0, 0.05) is 30.3 Å². The van der Waals surface area contributed by atoms with Crippen LogP contribution in [0.1, 0.15) is 54.7 Å². The van der Waals surface area contributed by atoms with Crippen LogP contribution in [0.25, 0.3) is 11.0 Å². The standard InChI is InChI=1S/C29H32N4O4S/c1-2-3-20-37-24-12-8-22(9-13-24)29(34)30-23-10-14-25(15-11-23)38(35,36)33-18-16-21(17-19-33)28-31-26-6-4-5-7-27(26)32-28/h4-15,21H,2-3,16-20H2,1H3,(H,30,34)(H,31,32). The van der Waals surface area contributed by atoms with Gasteiger partial charge in [0.1, 0.15) is 11.6 Å². The molecule has 1 aliphatic heterocycles. The van der Waals surface area contributed by atoms with Crippen molar-refractivity contribution in [2.45, 2.75) is 43.4 Å². The molecule has 38 heavy (non-hydrogen) atoms. The topological polar surface area (TPSA) is 104 Å². The van der Waals surface area contributed by atoms with Gasteiger partial charge in [0.05, 0.1) is 22.5 Å². The molecule has 1 aromatic heterocycles. The number of ether oxygens (including phenoxy) is 1. The molecule has 0 radical (unpaired) electrons. The Morgan fingerprint density at radius 2 is 1.74 bits per heavy atom. The fourth-order valence-corrected chi connectivity index (χ4v) is 6.10. The summed E-state index contributed by atoms with van der Waals surface area (Å²) < 4.78 is 33.7. The number of rotatable bonds is 9. The van der Waals surface area contributed by atoms with Crippen LogP contribution < -0.4 is 10.1 Å². The first-order valence-electron chi connectivity index (χ1n) is 13.0. The highest BCUT2D eigenvalue weighted by Gasteiger charge is 2.31. The molecule has 1 aliphatic rings. The third kappa shape index (κ3) is 5.74. The van der Waals surface area contributed by atoms with E-state index in [-0.39, 0.29) is 16.7 Å². The zero-order valence-corrected chi connectivity index (χ0v) is 22.2. The van der Waals surface area contributed by atoms with E-state index in [0.717, 1.165) is 35.4 Å². The maximum Gasteiger partial charge on any atom is 0.255 e. The van der Waals surface area contributed by atoms with Crippen molar-refractivity contribution in [1.82, 2.24) is 14.3 Å². The normalized spacial score (nSPS) is 15.0. The number of aromatic amines is 1. The second-order valence-electron chi connectivity index (χ2n) is 9.52. The number of carbonyl (C=O) groups is 1. The zero-order chi connectivity index (χ0) is 26.5. The Hall–Kier alpha value is -3.69. The molecule has 5 rings (SSSR count). The molecule has 9 heteroatoms. The van der Waals surface area contributed by atoms with Crippen LogP contribution in [0.2, 0.25) is 0 Å². The van der Waals surface area contributed by atoms with Crippen molar-refractivity contribution in [2.75, 3.05) is 25.0 Å². The van der Waals surface area contributed by atoms with Crippen LogP contribution in [0.15, 0.2) is 77.7 Å². The molecule has 1 saturated heterocycles. The van der Waals surface area contributed by atoms with E-state index in [2.05, 4.69) is 17.2 Å². The largest absolute Gasteiger partial charge is 0.494 e. The summed E-state index contributed by atoms with van der Waals surface area (Å²) in [6, 6.07) is 21.2. The van der Waals surface area contributed by atoms with Crippen LogP contribution in [0.3, 0.4) is 0 Å². The molecule has 0 unspecified atom stereocenters. The highest BCUT2D eigenvalue weighted by molar-refractivity contribution is 7.89. The van der Waals surface area contributed by atoms with E-state index >= 15 is 0 Å². The SMILES string of the molecule is CCCCOc1ccc(C(=O)Nc2ccc(S(=O)(=O)N3CCC(c4nc5ccccc5[nH]4)CC3)cc2)cc1.